The number of carbonyl (C=O) groups is 1. The van der Waals surface area contributed by atoms with Crippen LogP contribution >= 0.6 is 0 Å². The van der Waals surface area contributed by atoms with E-state index < -0.39 is 5.82 Å². The molecule has 1 amide bonds. The molecule has 98 valence electrons. The summed E-state index contributed by atoms with van der Waals surface area (Å²) in [6.07, 6.45) is 0. The van der Waals surface area contributed by atoms with Crippen LogP contribution in [0.25, 0.3) is 0 Å². The summed E-state index contributed by atoms with van der Waals surface area (Å²) in [7, 11) is 1.56. The van der Waals surface area contributed by atoms with Gasteiger partial charge in [0.2, 0.25) is 0 Å². The van der Waals surface area contributed by atoms with Crippen LogP contribution < -0.4 is 4.90 Å². The van der Waals surface area contributed by atoms with E-state index in [-0.39, 0.29) is 11.7 Å². The van der Waals surface area contributed by atoms with E-state index in [4.69, 9.17) is 0 Å². The number of benzene rings is 2. The minimum Gasteiger partial charge on any atom is -0.508 e. The fourth-order valence-corrected chi connectivity index (χ4v) is 1.74. The van der Waals surface area contributed by atoms with Crippen molar-refractivity contribution < 1.29 is 14.3 Å². The lowest BCUT2D eigenvalue weighted by molar-refractivity contribution is 0.0992. The summed E-state index contributed by atoms with van der Waals surface area (Å²) in [4.78, 5) is 13.6. The second kappa shape index (κ2) is 5.10. The number of aryl methyl sites for hydroxylation is 1. The Hall–Kier alpha value is -2.36. The molecule has 2 aromatic rings. The highest BCUT2D eigenvalue weighted by molar-refractivity contribution is 6.06. The Bertz CT molecular complexity index is 625. The molecule has 19 heavy (non-hydrogen) atoms. The third-order valence-electron chi connectivity index (χ3n) is 2.96. The Balaban J connectivity index is 2.30. The number of hydrogen-bond acceptors (Lipinski definition) is 2. The lowest BCUT2D eigenvalue weighted by Crippen LogP contribution is -2.26. The first kappa shape index (κ1) is 13.1. The van der Waals surface area contributed by atoms with E-state index in [1.165, 1.54) is 23.1 Å². The van der Waals surface area contributed by atoms with E-state index in [9.17, 15) is 14.3 Å². The molecule has 4 heteroatoms. The minimum absolute atomic E-state index is 0.0680. The molecule has 0 atom stereocenters. The second-order valence-electron chi connectivity index (χ2n) is 4.35. The monoisotopic (exact) mass is 259 g/mol. The highest BCUT2D eigenvalue weighted by Gasteiger charge is 2.14. The van der Waals surface area contributed by atoms with Crippen LogP contribution in [-0.2, 0) is 0 Å². The molecular weight excluding hydrogens is 245 g/mol. The van der Waals surface area contributed by atoms with Crippen molar-refractivity contribution in [3.8, 4) is 5.75 Å². The molecule has 0 saturated carbocycles. The third-order valence-corrected chi connectivity index (χ3v) is 2.96. The smallest absolute Gasteiger partial charge is 0.258 e. The number of halogens is 1. The zero-order chi connectivity index (χ0) is 14.0. The quantitative estimate of drug-likeness (QED) is 0.900. The molecule has 2 aromatic carbocycles. The molecule has 2 rings (SSSR count). The number of aromatic hydroxyl groups is 1. The maximum Gasteiger partial charge on any atom is 0.258 e. The molecule has 0 saturated heterocycles. The highest BCUT2D eigenvalue weighted by Crippen LogP contribution is 2.21. The van der Waals surface area contributed by atoms with Crippen LogP contribution in [0.5, 0.6) is 5.75 Å². The zero-order valence-corrected chi connectivity index (χ0v) is 10.7. The molecule has 0 heterocycles. The van der Waals surface area contributed by atoms with Crippen LogP contribution in [0.3, 0.4) is 0 Å². The fourth-order valence-electron chi connectivity index (χ4n) is 1.74. The Morgan fingerprint density at radius 1 is 1.21 bits per heavy atom. The van der Waals surface area contributed by atoms with Crippen LogP contribution in [0.4, 0.5) is 10.1 Å². The number of phenols is 1. The van der Waals surface area contributed by atoms with Gasteiger partial charge in [0, 0.05) is 18.3 Å². The predicted molar refractivity (Wildman–Crippen MR) is 72.0 cm³/mol. The summed E-state index contributed by atoms with van der Waals surface area (Å²) in [6.45, 7) is 1.75. The van der Waals surface area contributed by atoms with Crippen LogP contribution in [0.15, 0.2) is 42.5 Å². The van der Waals surface area contributed by atoms with Gasteiger partial charge in [-0.05, 0) is 42.8 Å². The molecule has 0 bridgehead atoms. The molecule has 0 unspecified atom stereocenters. The van der Waals surface area contributed by atoms with Crippen LogP contribution in [0.2, 0.25) is 0 Å². The molecule has 0 aliphatic carbocycles. The average Bonchev–Trinajstić information content (AvgIpc) is 2.40. The van der Waals surface area contributed by atoms with Crippen LogP contribution in [0.1, 0.15) is 15.9 Å². The van der Waals surface area contributed by atoms with Gasteiger partial charge in [0.05, 0.1) is 0 Å². The predicted octanol–water partition coefficient (Wildman–Crippen LogP) is 3.12. The van der Waals surface area contributed by atoms with Gasteiger partial charge in [-0.1, -0.05) is 12.1 Å². The molecule has 0 aliphatic heterocycles. The Morgan fingerprint density at radius 2 is 1.95 bits per heavy atom. The van der Waals surface area contributed by atoms with Gasteiger partial charge in [0.25, 0.3) is 5.91 Å². The summed E-state index contributed by atoms with van der Waals surface area (Å²) in [5.74, 6) is -0.636. The number of carbonyl (C=O) groups excluding carboxylic acids is 1. The fraction of sp³-hybridized carbons (Fsp3) is 0.133. The standard InChI is InChI=1S/C15H14FNO2/c1-10-6-7-11(8-14(10)18)15(19)17(2)13-5-3-4-12(16)9-13/h3-9,18H,1-2H3. The van der Waals surface area contributed by atoms with Gasteiger partial charge >= 0.3 is 0 Å². The van der Waals surface area contributed by atoms with Gasteiger partial charge in [-0.25, -0.2) is 4.39 Å². The average molecular weight is 259 g/mol. The summed E-state index contributed by atoms with van der Waals surface area (Å²) in [6, 6.07) is 10.5. The van der Waals surface area contributed by atoms with E-state index in [1.54, 1.807) is 38.2 Å². The van der Waals surface area contributed by atoms with Crippen LogP contribution in [0, 0.1) is 12.7 Å². The van der Waals surface area contributed by atoms with Crippen molar-refractivity contribution in [3.05, 3.63) is 59.4 Å². The van der Waals surface area contributed by atoms with Gasteiger partial charge < -0.3 is 10.0 Å². The van der Waals surface area contributed by atoms with Crippen molar-refractivity contribution in [3.63, 3.8) is 0 Å². The summed E-state index contributed by atoms with van der Waals surface area (Å²) < 4.78 is 13.1. The largest absolute Gasteiger partial charge is 0.508 e. The zero-order valence-electron chi connectivity index (χ0n) is 10.7. The van der Waals surface area contributed by atoms with Crippen LogP contribution in [-0.4, -0.2) is 18.1 Å². The molecule has 0 fully saturated rings. The summed E-state index contributed by atoms with van der Waals surface area (Å²) in [5, 5.41) is 9.61. The first-order chi connectivity index (χ1) is 8.99. The lowest BCUT2D eigenvalue weighted by atomic mass is 10.1. The molecule has 3 nitrogen and oxygen atoms in total. The maximum absolute atomic E-state index is 13.1. The number of amides is 1. The SMILES string of the molecule is Cc1ccc(C(=O)N(C)c2cccc(F)c2)cc1O. The van der Waals surface area contributed by atoms with Gasteiger partial charge in [0.15, 0.2) is 0 Å². The molecule has 0 aliphatic rings. The van der Waals surface area contributed by atoms with Gasteiger partial charge in [0.1, 0.15) is 11.6 Å². The van der Waals surface area contributed by atoms with E-state index in [1.807, 2.05) is 0 Å². The topological polar surface area (TPSA) is 40.5 Å². The third kappa shape index (κ3) is 2.73. The summed E-state index contributed by atoms with van der Waals surface area (Å²) in [5.41, 5.74) is 1.52. The Kier molecular flexibility index (Phi) is 3.51. The van der Waals surface area contributed by atoms with Gasteiger partial charge in [-0.3, -0.25) is 4.79 Å². The highest BCUT2D eigenvalue weighted by atomic mass is 19.1. The van der Waals surface area contributed by atoms with E-state index in [0.717, 1.165) is 0 Å². The lowest BCUT2D eigenvalue weighted by Gasteiger charge is -2.17. The number of anilines is 1. The van der Waals surface area contributed by atoms with Crippen molar-refractivity contribution >= 4 is 11.6 Å². The van der Waals surface area contributed by atoms with Crippen molar-refractivity contribution in [1.29, 1.82) is 0 Å². The van der Waals surface area contributed by atoms with E-state index in [0.29, 0.717) is 16.8 Å². The van der Waals surface area contributed by atoms with Crippen molar-refractivity contribution in [2.24, 2.45) is 0 Å². The second-order valence-corrected chi connectivity index (χ2v) is 4.35. The molecule has 0 aromatic heterocycles. The normalized spacial score (nSPS) is 10.3. The first-order valence-electron chi connectivity index (χ1n) is 5.82. The van der Waals surface area contributed by atoms with Crippen molar-refractivity contribution in [1.82, 2.24) is 0 Å². The molecular formula is C15H14FNO2. The Morgan fingerprint density at radius 3 is 2.58 bits per heavy atom. The minimum atomic E-state index is -0.399. The summed E-state index contributed by atoms with van der Waals surface area (Å²) >= 11 is 0. The van der Waals surface area contributed by atoms with E-state index in [2.05, 4.69) is 0 Å². The van der Waals surface area contributed by atoms with Gasteiger partial charge in [-0.15, -0.1) is 0 Å². The number of nitrogens with zero attached hydrogens (tertiary/aromatic N) is 1. The van der Waals surface area contributed by atoms with Crippen molar-refractivity contribution in [2.45, 2.75) is 6.92 Å². The maximum atomic E-state index is 13.1. The Labute approximate surface area is 110 Å². The molecule has 1 N–H and O–H groups in total. The first-order valence-corrected chi connectivity index (χ1v) is 5.82. The number of rotatable bonds is 2. The van der Waals surface area contributed by atoms with Crippen molar-refractivity contribution in [2.75, 3.05) is 11.9 Å². The van der Waals surface area contributed by atoms with E-state index >= 15 is 0 Å². The number of phenolic OH excluding ortho intramolecular Hbond substituents is 1. The molecule has 0 radical (unpaired) electrons. The van der Waals surface area contributed by atoms with Gasteiger partial charge in [-0.2, -0.15) is 0 Å². The number of hydrogen-bond donors (Lipinski definition) is 1. The molecule has 0 spiro atoms.